The van der Waals surface area contributed by atoms with Crippen LogP contribution in [0.4, 0.5) is 11.4 Å². The Morgan fingerprint density at radius 1 is 1.08 bits per heavy atom. The second-order valence-corrected chi connectivity index (χ2v) is 6.78. The van der Waals surface area contributed by atoms with Gasteiger partial charge in [0.15, 0.2) is 0 Å². The third kappa shape index (κ3) is 2.97. The smallest absolute Gasteiger partial charge is 0.226 e. The van der Waals surface area contributed by atoms with Crippen LogP contribution < -0.4 is 10.2 Å². The molecular formula is C20H22N4O. The summed E-state index contributed by atoms with van der Waals surface area (Å²) in [5.74, 6) is 1.12. The van der Waals surface area contributed by atoms with Crippen LogP contribution in [0, 0.1) is 5.92 Å². The number of hydrogen-bond acceptors (Lipinski definition) is 3. The summed E-state index contributed by atoms with van der Waals surface area (Å²) in [4.78, 5) is 18.9. The number of nitrogens with zero attached hydrogens (tertiary/aromatic N) is 3. The van der Waals surface area contributed by atoms with E-state index < -0.39 is 0 Å². The fraction of sp³-hybridized carbons (Fsp3) is 0.300. The molecule has 2 heterocycles. The maximum atomic E-state index is 11.8. The summed E-state index contributed by atoms with van der Waals surface area (Å²) in [5.41, 5.74) is 4.27. The molecule has 4 rings (SSSR count). The summed E-state index contributed by atoms with van der Waals surface area (Å²) in [7, 11) is 0. The van der Waals surface area contributed by atoms with Crippen molar-refractivity contribution in [3.8, 4) is 0 Å². The normalized spacial score (nSPS) is 14.0. The van der Waals surface area contributed by atoms with E-state index in [0.717, 1.165) is 42.4 Å². The van der Waals surface area contributed by atoms with Crippen LogP contribution >= 0.6 is 0 Å². The van der Waals surface area contributed by atoms with Gasteiger partial charge in [0.1, 0.15) is 5.82 Å². The van der Waals surface area contributed by atoms with E-state index in [2.05, 4.69) is 45.1 Å². The van der Waals surface area contributed by atoms with E-state index in [1.54, 1.807) is 0 Å². The summed E-state index contributed by atoms with van der Waals surface area (Å²) in [6.07, 6.45) is 0. The molecule has 1 amide bonds. The third-order valence-corrected chi connectivity index (χ3v) is 4.68. The lowest BCUT2D eigenvalue weighted by Crippen LogP contribution is -2.33. The molecule has 0 fully saturated rings. The van der Waals surface area contributed by atoms with Crippen LogP contribution in [0.1, 0.15) is 19.7 Å². The lowest BCUT2D eigenvalue weighted by atomic mass is 10.2. The number of imidazole rings is 1. The first kappa shape index (κ1) is 15.7. The predicted octanol–water partition coefficient (Wildman–Crippen LogP) is 3.65. The van der Waals surface area contributed by atoms with Crippen LogP contribution in [0.2, 0.25) is 0 Å². The van der Waals surface area contributed by atoms with Gasteiger partial charge in [-0.05, 0) is 36.4 Å². The van der Waals surface area contributed by atoms with Gasteiger partial charge >= 0.3 is 0 Å². The molecule has 5 nitrogen and oxygen atoms in total. The maximum Gasteiger partial charge on any atom is 0.226 e. The monoisotopic (exact) mass is 334 g/mol. The second-order valence-electron chi connectivity index (χ2n) is 6.78. The number of carbonyl (C=O) groups is 1. The molecule has 0 saturated heterocycles. The highest BCUT2D eigenvalue weighted by molar-refractivity contribution is 5.92. The largest absolute Gasteiger partial charge is 0.362 e. The Bertz CT molecular complexity index is 911. The average molecular weight is 334 g/mol. The first-order valence-electron chi connectivity index (χ1n) is 8.72. The fourth-order valence-corrected chi connectivity index (χ4v) is 3.23. The second kappa shape index (κ2) is 6.24. The molecule has 25 heavy (non-hydrogen) atoms. The fourth-order valence-electron chi connectivity index (χ4n) is 3.23. The van der Waals surface area contributed by atoms with Gasteiger partial charge in [-0.15, -0.1) is 0 Å². The van der Waals surface area contributed by atoms with E-state index in [9.17, 15) is 4.79 Å². The molecule has 0 spiro atoms. The summed E-state index contributed by atoms with van der Waals surface area (Å²) in [6, 6.07) is 16.4. The lowest BCUT2D eigenvalue weighted by Gasteiger charge is -2.30. The first-order chi connectivity index (χ1) is 12.1. The van der Waals surface area contributed by atoms with Gasteiger partial charge in [-0.3, -0.25) is 4.79 Å². The van der Waals surface area contributed by atoms with E-state index in [1.807, 2.05) is 32.0 Å². The number of nitrogens with one attached hydrogen (secondary N) is 1. The Morgan fingerprint density at radius 3 is 2.60 bits per heavy atom. The SMILES string of the molecule is CC(C)C(=O)Nc1ccc(N2CCn3c(nc4ccccc43)C2)cc1. The lowest BCUT2D eigenvalue weighted by molar-refractivity contribution is -0.118. The zero-order chi connectivity index (χ0) is 17.4. The molecular weight excluding hydrogens is 312 g/mol. The molecule has 5 heteroatoms. The van der Waals surface area contributed by atoms with Crippen molar-refractivity contribution in [2.24, 2.45) is 5.92 Å². The van der Waals surface area contributed by atoms with Crippen LogP contribution in [-0.4, -0.2) is 22.0 Å². The minimum absolute atomic E-state index is 0.0187. The van der Waals surface area contributed by atoms with E-state index in [0.29, 0.717) is 0 Å². The highest BCUT2D eigenvalue weighted by Gasteiger charge is 2.20. The van der Waals surface area contributed by atoms with Crippen molar-refractivity contribution in [3.05, 3.63) is 54.4 Å². The molecule has 128 valence electrons. The van der Waals surface area contributed by atoms with Gasteiger partial charge in [0, 0.05) is 30.4 Å². The van der Waals surface area contributed by atoms with Crippen molar-refractivity contribution in [1.82, 2.24) is 9.55 Å². The zero-order valence-corrected chi connectivity index (χ0v) is 14.6. The Morgan fingerprint density at radius 2 is 1.84 bits per heavy atom. The van der Waals surface area contributed by atoms with Crippen molar-refractivity contribution < 1.29 is 4.79 Å². The van der Waals surface area contributed by atoms with E-state index in [1.165, 1.54) is 5.52 Å². The van der Waals surface area contributed by atoms with Gasteiger partial charge in [-0.1, -0.05) is 26.0 Å². The molecule has 1 aliphatic heterocycles. The minimum atomic E-state index is -0.0187. The minimum Gasteiger partial charge on any atom is -0.362 e. The molecule has 0 atom stereocenters. The van der Waals surface area contributed by atoms with Crippen LogP contribution in [0.25, 0.3) is 11.0 Å². The molecule has 0 radical (unpaired) electrons. The van der Waals surface area contributed by atoms with Crippen molar-refractivity contribution in [3.63, 3.8) is 0 Å². The maximum absolute atomic E-state index is 11.8. The number of amides is 1. The molecule has 0 saturated carbocycles. The van der Waals surface area contributed by atoms with Gasteiger partial charge < -0.3 is 14.8 Å². The Hall–Kier alpha value is -2.82. The van der Waals surface area contributed by atoms with Crippen LogP contribution in [0.5, 0.6) is 0 Å². The zero-order valence-electron chi connectivity index (χ0n) is 14.6. The Kier molecular flexibility index (Phi) is 3.92. The predicted molar refractivity (Wildman–Crippen MR) is 101 cm³/mol. The molecule has 1 aliphatic rings. The summed E-state index contributed by atoms with van der Waals surface area (Å²) in [5, 5.41) is 2.93. The highest BCUT2D eigenvalue weighted by Crippen LogP contribution is 2.25. The number of aromatic nitrogens is 2. The molecule has 1 N–H and O–H groups in total. The van der Waals surface area contributed by atoms with Gasteiger partial charge in [-0.2, -0.15) is 0 Å². The number of fused-ring (bicyclic) bond motifs is 3. The molecule has 0 bridgehead atoms. The van der Waals surface area contributed by atoms with E-state index >= 15 is 0 Å². The number of benzene rings is 2. The van der Waals surface area contributed by atoms with Gasteiger partial charge in [0.25, 0.3) is 0 Å². The molecule has 0 unspecified atom stereocenters. The number of para-hydroxylation sites is 2. The molecule has 1 aromatic heterocycles. The quantitative estimate of drug-likeness (QED) is 0.795. The number of hydrogen-bond donors (Lipinski definition) is 1. The summed E-state index contributed by atoms with van der Waals surface area (Å²) in [6.45, 7) is 6.46. The summed E-state index contributed by atoms with van der Waals surface area (Å²) < 4.78 is 2.31. The molecule has 2 aromatic carbocycles. The van der Waals surface area contributed by atoms with E-state index in [4.69, 9.17) is 4.98 Å². The van der Waals surface area contributed by atoms with Crippen LogP contribution in [0.15, 0.2) is 48.5 Å². The Labute approximate surface area is 147 Å². The Balaban J connectivity index is 1.52. The number of carbonyl (C=O) groups excluding carboxylic acids is 1. The first-order valence-corrected chi connectivity index (χ1v) is 8.72. The molecule has 3 aromatic rings. The topological polar surface area (TPSA) is 50.2 Å². The van der Waals surface area contributed by atoms with Gasteiger partial charge in [0.05, 0.1) is 17.6 Å². The van der Waals surface area contributed by atoms with E-state index in [-0.39, 0.29) is 11.8 Å². The van der Waals surface area contributed by atoms with Crippen molar-refractivity contribution in [1.29, 1.82) is 0 Å². The van der Waals surface area contributed by atoms with Crippen molar-refractivity contribution in [2.45, 2.75) is 26.9 Å². The highest BCUT2D eigenvalue weighted by atomic mass is 16.1. The summed E-state index contributed by atoms with van der Waals surface area (Å²) >= 11 is 0. The third-order valence-electron chi connectivity index (χ3n) is 4.68. The van der Waals surface area contributed by atoms with Gasteiger partial charge in [0.2, 0.25) is 5.91 Å². The van der Waals surface area contributed by atoms with Crippen molar-refractivity contribution >= 4 is 28.3 Å². The van der Waals surface area contributed by atoms with Crippen molar-refractivity contribution in [2.75, 3.05) is 16.8 Å². The average Bonchev–Trinajstić information content (AvgIpc) is 3.00. The molecule has 0 aliphatic carbocycles. The standard InChI is InChI=1S/C20H22N4O/c1-14(2)20(25)21-15-7-9-16(10-8-15)23-11-12-24-18-6-4-3-5-17(18)22-19(24)13-23/h3-10,14H,11-13H2,1-2H3,(H,21,25). The number of anilines is 2. The number of rotatable bonds is 3. The van der Waals surface area contributed by atoms with Gasteiger partial charge in [-0.25, -0.2) is 4.98 Å². The van der Waals surface area contributed by atoms with Crippen LogP contribution in [0.3, 0.4) is 0 Å². The van der Waals surface area contributed by atoms with Crippen LogP contribution in [-0.2, 0) is 17.9 Å².